The fourth-order valence-corrected chi connectivity index (χ4v) is 6.73. The lowest BCUT2D eigenvalue weighted by atomic mass is 10.1. The molecule has 6 heteroatoms. The smallest absolute Gasteiger partial charge is 0.306 e. The third-order valence-electron chi connectivity index (χ3n) is 10.6. The van der Waals surface area contributed by atoms with E-state index in [9.17, 15) is 14.4 Å². The van der Waals surface area contributed by atoms with Gasteiger partial charge in [0.05, 0.1) is 0 Å². The molecule has 0 heterocycles. The van der Waals surface area contributed by atoms with E-state index >= 15 is 0 Å². The minimum atomic E-state index is -0.818. The van der Waals surface area contributed by atoms with Crippen molar-refractivity contribution in [1.82, 2.24) is 0 Å². The lowest BCUT2D eigenvalue weighted by Crippen LogP contribution is -2.30. The Kier molecular flexibility index (Phi) is 48.0. The minimum Gasteiger partial charge on any atom is -0.462 e. The molecule has 0 N–H and O–H groups in total. The summed E-state index contributed by atoms with van der Waals surface area (Å²) in [5.74, 6) is -1.03. The fourth-order valence-electron chi connectivity index (χ4n) is 6.73. The van der Waals surface area contributed by atoms with Crippen LogP contribution in [0, 0.1) is 0 Å². The average molecular weight is 875 g/mol. The Balaban J connectivity index is 4.53. The van der Waals surface area contributed by atoms with Crippen LogP contribution < -0.4 is 0 Å². The van der Waals surface area contributed by atoms with E-state index in [4.69, 9.17) is 14.2 Å². The second-order valence-corrected chi connectivity index (χ2v) is 16.7. The molecule has 0 fully saturated rings. The molecule has 0 saturated heterocycles. The zero-order chi connectivity index (χ0) is 45.8. The minimum absolute atomic E-state index is 0.121. The molecule has 0 radical (unpaired) electrons. The molecule has 0 saturated carbocycles. The maximum Gasteiger partial charge on any atom is 0.306 e. The van der Waals surface area contributed by atoms with Crippen molar-refractivity contribution in [3.8, 4) is 0 Å². The summed E-state index contributed by atoms with van der Waals surface area (Å²) in [7, 11) is 0. The number of allylic oxidation sites excluding steroid dienone is 16. The third kappa shape index (κ3) is 49.2. The highest BCUT2D eigenvalue weighted by Gasteiger charge is 2.19. The number of carbonyl (C=O) groups excluding carboxylic acids is 3. The summed E-state index contributed by atoms with van der Waals surface area (Å²) >= 11 is 0. The predicted molar refractivity (Wildman–Crippen MR) is 270 cm³/mol. The highest BCUT2D eigenvalue weighted by Crippen LogP contribution is 2.13. The Morgan fingerprint density at radius 3 is 1.02 bits per heavy atom. The van der Waals surface area contributed by atoms with Gasteiger partial charge >= 0.3 is 17.9 Å². The van der Waals surface area contributed by atoms with Crippen LogP contribution in [0.3, 0.4) is 0 Å². The largest absolute Gasteiger partial charge is 0.462 e. The zero-order valence-electron chi connectivity index (χ0n) is 40.8. The van der Waals surface area contributed by atoms with Gasteiger partial charge in [-0.15, -0.1) is 0 Å². The van der Waals surface area contributed by atoms with Crippen molar-refractivity contribution in [1.29, 1.82) is 0 Å². The van der Waals surface area contributed by atoms with E-state index < -0.39 is 6.10 Å². The van der Waals surface area contributed by atoms with E-state index in [1.165, 1.54) is 96.3 Å². The maximum atomic E-state index is 12.8. The van der Waals surface area contributed by atoms with Gasteiger partial charge in [0, 0.05) is 19.3 Å². The quantitative estimate of drug-likeness (QED) is 0.0262. The number of hydrogen-bond donors (Lipinski definition) is 0. The van der Waals surface area contributed by atoms with Crippen LogP contribution in [0.25, 0.3) is 0 Å². The van der Waals surface area contributed by atoms with E-state index in [-0.39, 0.29) is 44.0 Å². The van der Waals surface area contributed by atoms with Gasteiger partial charge < -0.3 is 14.2 Å². The molecular weight excluding hydrogens is 781 g/mol. The Morgan fingerprint density at radius 2 is 0.635 bits per heavy atom. The topological polar surface area (TPSA) is 78.9 Å². The second-order valence-electron chi connectivity index (χ2n) is 16.7. The van der Waals surface area contributed by atoms with Gasteiger partial charge in [-0.25, -0.2) is 0 Å². The van der Waals surface area contributed by atoms with Crippen LogP contribution in [0.2, 0.25) is 0 Å². The molecule has 0 spiro atoms. The fraction of sp³-hybridized carbons (Fsp3) is 0.667. The van der Waals surface area contributed by atoms with Gasteiger partial charge in [0.15, 0.2) is 6.10 Å². The summed E-state index contributed by atoms with van der Waals surface area (Å²) in [5, 5.41) is 0. The van der Waals surface area contributed by atoms with Crippen molar-refractivity contribution in [2.45, 2.75) is 232 Å². The van der Waals surface area contributed by atoms with Gasteiger partial charge in [-0.2, -0.15) is 0 Å². The van der Waals surface area contributed by atoms with Crippen molar-refractivity contribution < 1.29 is 28.6 Å². The van der Waals surface area contributed by atoms with Gasteiger partial charge in [0.25, 0.3) is 0 Å². The molecule has 0 amide bonds. The van der Waals surface area contributed by atoms with Crippen LogP contribution in [0.5, 0.6) is 0 Å². The summed E-state index contributed by atoms with van der Waals surface area (Å²) in [6.07, 6.45) is 66.9. The number of ether oxygens (including phenoxy) is 3. The molecule has 0 bridgehead atoms. The first kappa shape index (κ1) is 59.3. The van der Waals surface area contributed by atoms with Crippen molar-refractivity contribution in [2.75, 3.05) is 13.2 Å². The number of hydrogen-bond acceptors (Lipinski definition) is 6. The standard InChI is InChI=1S/C57H94O6/c1-4-7-10-13-16-19-22-24-26-28-30-32-35-37-40-43-46-49-55(58)61-52-54(63-57(60)51-48-45-42-39-34-21-18-15-12-9-6-3)53-62-56(59)50-47-44-41-38-36-33-31-29-27-25-23-20-17-14-11-8-5-2/h7,10,16,19,24-27,30-33,37-38,40-41,54H,4-6,8-9,11-15,17-18,20-23,28-29,34-36,39,42-53H2,1-3H3/b10-7-,19-16-,26-24-,27-25-,32-30-,33-31-,40-37-,41-38-/t54-/m1/s1. The van der Waals surface area contributed by atoms with Gasteiger partial charge in [-0.05, 0) is 89.9 Å². The molecule has 0 rings (SSSR count). The molecule has 0 aliphatic heterocycles. The molecule has 358 valence electrons. The molecule has 1 atom stereocenters. The van der Waals surface area contributed by atoms with E-state index in [0.717, 1.165) is 77.0 Å². The molecule has 0 aliphatic carbocycles. The Labute approximate surface area is 387 Å². The third-order valence-corrected chi connectivity index (χ3v) is 10.6. The van der Waals surface area contributed by atoms with Crippen molar-refractivity contribution >= 4 is 17.9 Å². The Bertz CT molecular complexity index is 1280. The van der Waals surface area contributed by atoms with Crippen LogP contribution in [0.4, 0.5) is 0 Å². The Hall–Kier alpha value is -3.67. The first-order valence-electron chi connectivity index (χ1n) is 25.7. The highest BCUT2D eigenvalue weighted by molar-refractivity contribution is 5.71. The second kappa shape index (κ2) is 51.0. The lowest BCUT2D eigenvalue weighted by molar-refractivity contribution is -0.167. The zero-order valence-corrected chi connectivity index (χ0v) is 40.8. The SMILES string of the molecule is CC/C=C\C/C=C\C/C=C\C/C=C\C/C=C\CCCC(=O)OC[C@H](COC(=O)CCC/C=C\C/C=C\C/C=C\CCCCCCCC)OC(=O)CCCCCCCCCCCCC. The van der Waals surface area contributed by atoms with Gasteiger partial charge in [0.2, 0.25) is 0 Å². The van der Waals surface area contributed by atoms with Crippen LogP contribution in [-0.4, -0.2) is 37.2 Å². The molecule has 6 nitrogen and oxygen atoms in total. The summed E-state index contributed by atoms with van der Waals surface area (Å²) in [4.78, 5) is 37.9. The van der Waals surface area contributed by atoms with Crippen LogP contribution >= 0.6 is 0 Å². The van der Waals surface area contributed by atoms with Gasteiger partial charge in [-0.3, -0.25) is 14.4 Å². The first-order chi connectivity index (χ1) is 31.0. The van der Waals surface area contributed by atoms with Crippen molar-refractivity contribution in [3.63, 3.8) is 0 Å². The summed E-state index contributed by atoms with van der Waals surface area (Å²) in [6, 6.07) is 0. The number of esters is 3. The molecule has 0 aromatic carbocycles. The number of carbonyl (C=O) groups is 3. The monoisotopic (exact) mass is 875 g/mol. The average Bonchev–Trinajstić information content (AvgIpc) is 3.28. The molecular formula is C57H94O6. The predicted octanol–water partition coefficient (Wildman–Crippen LogP) is 17.0. The van der Waals surface area contributed by atoms with Crippen LogP contribution in [0.15, 0.2) is 97.2 Å². The summed E-state index contributed by atoms with van der Waals surface area (Å²) in [5.41, 5.74) is 0. The molecule has 0 aromatic heterocycles. The normalized spacial score (nSPS) is 12.9. The number of rotatable bonds is 45. The summed E-state index contributed by atoms with van der Waals surface area (Å²) in [6.45, 7) is 6.41. The van der Waals surface area contributed by atoms with E-state index in [2.05, 4.69) is 118 Å². The van der Waals surface area contributed by atoms with Gasteiger partial charge in [-0.1, -0.05) is 214 Å². The Morgan fingerprint density at radius 1 is 0.333 bits per heavy atom. The maximum absolute atomic E-state index is 12.8. The first-order valence-corrected chi connectivity index (χ1v) is 25.7. The van der Waals surface area contributed by atoms with E-state index in [0.29, 0.717) is 19.3 Å². The summed E-state index contributed by atoms with van der Waals surface area (Å²) < 4.78 is 16.7. The van der Waals surface area contributed by atoms with E-state index in [1.807, 2.05) is 0 Å². The lowest BCUT2D eigenvalue weighted by Gasteiger charge is -2.18. The molecule has 63 heavy (non-hydrogen) atoms. The van der Waals surface area contributed by atoms with Crippen molar-refractivity contribution in [3.05, 3.63) is 97.2 Å². The number of unbranched alkanes of at least 4 members (excludes halogenated alkanes) is 18. The molecule has 0 unspecified atom stereocenters. The van der Waals surface area contributed by atoms with E-state index in [1.54, 1.807) is 0 Å². The molecule has 0 aliphatic rings. The van der Waals surface area contributed by atoms with Crippen LogP contribution in [-0.2, 0) is 28.6 Å². The van der Waals surface area contributed by atoms with Gasteiger partial charge in [0.1, 0.15) is 13.2 Å². The highest BCUT2D eigenvalue weighted by atomic mass is 16.6. The van der Waals surface area contributed by atoms with Crippen LogP contribution in [0.1, 0.15) is 226 Å². The van der Waals surface area contributed by atoms with Crippen molar-refractivity contribution in [2.24, 2.45) is 0 Å². The molecule has 0 aromatic rings.